The molecule has 5 rings (SSSR count). The molecule has 17 heteroatoms. The van der Waals surface area contributed by atoms with Gasteiger partial charge in [0.15, 0.2) is 41.5 Å². The molecule has 7 N–H and O–H groups in total. The zero-order chi connectivity index (χ0) is 27.7. The minimum atomic E-state index is -1.48. The number of thiazole rings is 2. The molecule has 0 aromatic carbocycles. The summed E-state index contributed by atoms with van der Waals surface area (Å²) < 4.78 is 1.72. The summed E-state index contributed by atoms with van der Waals surface area (Å²) >= 11 is 3.66. The summed E-state index contributed by atoms with van der Waals surface area (Å²) in [5.74, 6) is -2.51. The highest BCUT2D eigenvalue weighted by Crippen LogP contribution is 2.40. The van der Waals surface area contributed by atoms with E-state index in [0.29, 0.717) is 27.8 Å². The Morgan fingerprint density at radius 1 is 1.23 bits per heavy atom. The number of carbonyl (C=O) groups is 3. The molecule has 2 aliphatic heterocycles. The Balaban J connectivity index is 1.32. The number of oxime groups is 1. The highest BCUT2D eigenvalue weighted by molar-refractivity contribution is 8.00. The molecule has 0 aliphatic carbocycles. The average Bonchev–Trinajstić information content (AvgIpc) is 3.52. The van der Waals surface area contributed by atoms with Crippen LogP contribution in [0.5, 0.6) is 0 Å². The van der Waals surface area contributed by atoms with Gasteiger partial charge < -0.3 is 37.3 Å². The van der Waals surface area contributed by atoms with Gasteiger partial charge in [0.2, 0.25) is 0 Å². The standard InChI is InChI=1S/C22H21N9O5S3/c23-11-2-1-3-30(5-11)4-10-7-37-19-15(18(33)31(19)16(10)20(34)35)28-17(32)14(13-9-39-22(25)27-13)29-36-6-12-8-38-21(24)26-12/h1-3,5,8-9,15,19H,4,6-7,23H2,(H5-,24,25,26,27,28,32,34,35)/t15?,19-/m1/s1. The fourth-order valence-corrected chi connectivity index (χ4v) is 6.45. The van der Waals surface area contributed by atoms with Crippen molar-refractivity contribution in [3.63, 3.8) is 0 Å². The van der Waals surface area contributed by atoms with Crippen molar-refractivity contribution < 1.29 is 28.9 Å². The van der Waals surface area contributed by atoms with Gasteiger partial charge >= 0.3 is 0 Å². The summed E-state index contributed by atoms with van der Waals surface area (Å²) in [6.45, 7) is 0.158. The Hall–Kier alpha value is -4.22. The molecular weight excluding hydrogens is 567 g/mol. The first-order chi connectivity index (χ1) is 18.7. The molecule has 3 aromatic rings. The number of hydrogen-bond acceptors (Lipinski definition) is 14. The number of fused-ring (bicyclic) bond motifs is 1. The van der Waals surface area contributed by atoms with Gasteiger partial charge in [-0.15, -0.1) is 34.4 Å². The molecule has 3 aromatic heterocycles. The van der Waals surface area contributed by atoms with Crippen LogP contribution in [0.3, 0.4) is 0 Å². The van der Waals surface area contributed by atoms with E-state index in [9.17, 15) is 19.5 Å². The maximum atomic E-state index is 13.2. The molecule has 202 valence electrons. The van der Waals surface area contributed by atoms with Crippen molar-refractivity contribution in [2.24, 2.45) is 5.16 Å². The molecule has 39 heavy (non-hydrogen) atoms. The number of aliphatic carboxylic acids is 1. The summed E-state index contributed by atoms with van der Waals surface area (Å²) in [5, 5.41) is 21.7. The monoisotopic (exact) mass is 587 g/mol. The van der Waals surface area contributed by atoms with Crippen LogP contribution in [0.25, 0.3) is 0 Å². The minimum Gasteiger partial charge on any atom is -0.543 e. The number of aromatic nitrogens is 3. The Bertz CT molecular complexity index is 1520. The third-order valence-electron chi connectivity index (χ3n) is 5.70. The van der Waals surface area contributed by atoms with Gasteiger partial charge in [0.1, 0.15) is 17.1 Å². The van der Waals surface area contributed by atoms with Crippen molar-refractivity contribution in [2.45, 2.75) is 24.6 Å². The first kappa shape index (κ1) is 26.4. The van der Waals surface area contributed by atoms with E-state index >= 15 is 0 Å². The first-order valence-electron chi connectivity index (χ1n) is 11.3. The van der Waals surface area contributed by atoms with Crippen molar-refractivity contribution in [1.82, 2.24) is 20.2 Å². The topological polar surface area (TPSA) is 219 Å². The number of β-lactam (4-membered cyclic amide) rings is 1. The number of carbonyl (C=O) groups excluding carboxylic acids is 3. The van der Waals surface area contributed by atoms with Gasteiger partial charge in [-0.2, -0.15) is 4.57 Å². The number of nitrogen functional groups attached to an aromatic ring is 3. The van der Waals surface area contributed by atoms with Crippen LogP contribution >= 0.6 is 34.4 Å². The Kier molecular flexibility index (Phi) is 7.36. The smallest absolute Gasteiger partial charge is 0.276 e. The maximum Gasteiger partial charge on any atom is 0.276 e. The van der Waals surface area contributed by atoms with E-state index in [4.69, 9.17) is 22.0 Å². The number of carboxylic acid groups (broad SMARTS) is 1. The molecule has 2 amide bonds. The van der Waals surface area contributed by atoms with Crippen LogP contribution in [0.1, 0.15) is 11.4 Å². The molecule has 1 unspecified atom stereocenters. The third kappa shape index (κ3) is 5.50. The number of carboxylic acids is 1. The number of nitrogens with one attached hydrogen (secondary N) is 1. The molecule has 0 bridgehead atoms. The lowest BCUT2D eigenvalue weighted by Gasteiger charge is -2.50. The van der Waals surface area contributed by atoms with E-state index in [0.717, 1.165) is 16.2 Å². The predicted molar refractivity (Wildman–Crippen MR) is 142 cm³/mol. The largest absolute Gasteiger partial charge is 0.543 e. The van der Waals surface area contributed by atoms with Crippen LogP contribution in [-0.4, -0.2) is 55.5 Å². The summed E-state index contributed by atoms with van der Waals surface area (Å²) in [6, 6.07) is 2.44. The van der Waals surface area contributed by atoms with Crippen LogP contribution in [0, 0.1) is 0 Å². The average molecular weight is 588 g/mol. The zero-order valence-corrected chi connectivity index (χ0v) is 22.4. The second-order valence-electron chi connectivity index (χ2n) is 8.37. The van der Waals surface area contributed by atoms with E-state index < -0.39 is 29.2 Å². The van der Waals surface area contributed by atoms with Crippen molar-refractivity contribution in [3.8, 4) is 0 Å². The lowest BCUT2D eigenvalue weighted by atomic mass is 10.0. The number of pyridine rings is 1. The summed E-state index contributed by atoms with van der Waals surface area (Å²) in [6.07, 6.45) is 3.40. The van der Waals surface area contributed by atoms with Gasteiger partial charge in [0.05, 0.1) is 23.0 Å². The fourth-order valence-electron chi connectivity index (χ4n) is 4.02. The van der Waals surface area contributed by atoms with Gasteiger partial charge in [0, 0.05) is 28.2 Å². The number of nitrogens with two attached hydrogens (primary N) is 3. The quantitative estimate of drug-likeness (QED) is 0.0993. The van der Waals surface area contributed by atoms with Crippen molar-refractivity contribution in [2.75, 3.05) is 23.0 Å². The minimum absolute atomic E-state index is 0.0493. The summed E-state index contributed by atoms with van der Waals surface area (Å²) in [4.78, 5) is 53.0. The van der Waals surface area contributed by atoms with E-state index in [1.54, 1.807) is 34.5 Å². The van der Waals surface area contributed by atoms with Crippen LogP contribution in [-0.2, 0) is 32.4 Å². The zero-order valence-electron chi connectivity index (χ0n) is 20.0. The van der Waals surface area contributed by atoms with Crippen LogP contribution in [0.15, 0.2) is 51.7 Å². The number of anilines is 3. The van der Waals surface area contributed by atoms with Crippen molar-refractivity contribution in [1.29, 1.82) is 0 Å². The van der Waals surface area contributed by atoms with E-state index in [-0.39, 0.29) is 35.4 Å². The summed E-state index contributed by atoms with van der Waals surface area (Å²) in [5.41, 5.74) is 18.4. The molecule has 1 saturated heterocycles. The molecule has 0 spiro atoms. The van der Waals surface area contributed by atoms with Crippen LogP contribution in [0.4, 0.5) is 16.0 Å². The molecule has 2 atom stereocenters. The van der Waals surface area contributed by atoms with Crippen molar-refractivity contribution in [3.05, 3.63) is 57.9 Å². The molecule has 0 radical (unpaired) electrons. The molecule has 5 heterocycles. The molecule has 1 fully saturated rings. The molecule has 0 saturated carbocycles. The van der Waals surface area contributed by atoms with Gasteiger partial charge in [-0.3, -0.25) is 14.5 Å². The van der Waals surface area contributed by atoms with E-state index in [1.807, 2.05) is 0 Å². The van der Waals surface area contributed by atoms with Gasteiger partial charge in [-0.05, 0) is 6.07 Å². The second kappa shape index (κ2) is 10.9. The highest BCUT2D eigenvalue weighted by Gasteiger charge is 2.53. The number of amides is 2. The Morgan fingerprint density at radius 2 is 2.00 bits per heavy atom. The third-order valence-corrected chi connectivity index (χ3v) is 8.44. The van der Waals surface area contributed by atoms with Crippen LogP contribution < -0.4 is 32.2 Å². The summed E-state index contributed by atoms with van der Waals surface area (Å²) in [7, 11) is 0. The van der Waals surface area contributed by atoms with Crippen molar-refractivity contribution >= 4 is 73.9 Å². The number of rotatable bonds is 9. The fraction of sp³-hybridized carbons (Fsp3) is 0.227. The Morgan fingerprint density at radius 3 is 2.67 bits per heavy atom. The Labute approximate surface area is 233 Å². The highest BCUT2D eigenvalue weighted by atomic mass is 32.2. The SMILES string of the molecule is Nc1ccc[n+](CC2=C(C(=O)[O-])N3C(=O)C(NC(=O)C(=NOCc4csc(N)n4)c4csc(N)n4)[C@H]3SC2)c1. The molecular formula is C22H21N9O5S3. The van der Waals surface area contributed by atoms with E-state index in [1.165, 1.54) is 28.5 Å². The number of thioether (sulfide) groups is 1. The molecule has 14 nitrogen and oxygen atoms in total. The molecule has 2 aliphatic rings. The number of nitrogens with zero attached hydrogens (tertiary/aromatic N) is 5. The lowest BCUT2D eigenvalue weighted by molar-refractivity contribution is -0.688. The van der Waals surface area contributed by atoms with Gasteiger partial charge in [-0.1, -0.05) is 5.16 Å². The van der Waals surface area contributed by atoms with E-state index in [2.05, 4.69) is 20.4 Å². The maximum absolute atomic E-state index is 13.2. The lowest BCUT2D eigenvalue weighted by Crippen LogP contribution is -2.71. The van der Waals surface area contributed by atoms with Crippen LogP contribution in [0.2, 0.25) is 0 Å². The van der Waals surface area contributed by atoms with Gasteiger partial charge in [-0.25, -0.2) is 9.97 Å². The number of hydrogen-bond donors (Lipinski definition) is 4. The second-order valence-corrected chi connectivity index (χ2v) is 11.3. The predicted octanol–water partition coefficient (Wildman–Crippen LogP) is -1.34. The first-order valence-corrected chi connectivity index (χ1v) is 14.1. The normalized spacial score (nSPS) is 18.9. The van der Waals surface area contributed by atoms with Gasteiger partial charge in [0.25, 0.3) is 11.8 Å².